The van der Waals surface area contributed by atoms with Crippen molar-refractivity contribution in [2.75, 3.05) is 13.2 Å². The monoisotopic (exact) mass is 454 g/mol. The van der Waals surface area contributed by atoms with Gasteiger partial charge in [0, 0.05) is 5.92 Å². The third-order valence-corrected chi connectivity index (χ3v) is 5.36. The summed E-state index contributed by atoms with van der Waals surface area (Å²) in [6, 6.07) is 13.7. The Morgan fingerprint density at radius 2 is 1.52 bits per heavy atom. The molecule has 0 unspecified atom stereocenters. The largest absolute Gasteiger partial charge is 0.480 e. The Bertz CT molecular complexity index is 984. The first kappa shape index (κ1) is 24.3. The first-order valence-electron chi connectivity index (χ1n) is 10.9. The second kappa shape index (κ2) is 10.0. The van der Waals surface area contributed by atoms with Crippen LogP contribution in [0.4, 0.5) is 4.79 Å². The standard InChI is InChI=1S/C25H30N2O6/c1-15(23(29)30)26-22(28)21(14-33-25(2,3)4)27-24(31)32-13-20-18-11-7-5-9-16(18)17-10-6-8-12-19(17)20/h5-12,15,20-21H,13-14H2,1-4H3,(H,26,28)(H,27,31)(H,29,30)/t15-,21+/m1/s1. The van der Waals surface area contributed by atoms with Crippen molar-refractivity contribution in [1.82, 2.24) is 10.6 Å². The number of nitrogens with one attached hydrogen (secondary N) is 2. The molecule has 0 spiro atoms. The zero-order chi connectivity index (χ0) is 24.2. The molecule has 0 aliphatic heterocycles. The van der Waals surface area contributed by atoms with E-state index in [2.05, 4.69) is 10.6 Å². The van der Waals surface area contributed by atoms with Crippen molar-refractivity contribution in [3.63, 3.8) is 0 Å². The van der Waals surface area contributed by atoms with E-state index in [1.54, 1.807) is 0 Å². The first-order chi connectivity index (χ1) is 15.6. The molecule has 176 valence electrons. The number of carboxylic acid groups (broad SMARTS) is 1. The van der Waals surface area contributed by atoms with Crippen LogP contribution in [0, 0.1) is 0 Å². The fourth-order valence-electron chi connectivity index (χ4n) is 3.67. The number of aliphatic carboxylic acids is 1. The van der Waals surface area contributed by atoms with E-state index in [1.165, 1.54) is 6.92 Å². The van der Waals surface area contributed by atoms with Gasteiger partial charge in [0.15, 0.2) is 0 Å². The highest BCUT2D eigenvalue weighted by molar-refractivity contribution is 5.89. The van der Waals surface area contributed by atoms with Crippen LogP contribution in [0.1, 0.15) is 44.7 Å². The third-order valence-electron chi connectivity index (χ3n) is 5.36. The molecule has 0 heterocycles. The molecular weight excluding hydrogens is 424 g/mol. The van der Waals surface area contributed by atoms with Crippen LogP contribution in [-0.2, 0) is 19.1 Å². The molecule has 8 nitrogen and oxygen atoms in total. The molecule has 2 aromatic carbocycles. The molecule has 0 fully saturated rings. The lowest BCUT2D eigenvalue weighted by atomic mass is 9.98. The van der Waals surface area contributed by atoms with Crippen LogP contribution >= 0.6 is 0 Å². The average molecular weight is 455 g/mol. The zero-order valence-corrected chi connectivity index (χ0v) is 19.3. The number of carboxylic acids is 1. The molecule has 8 heteroatoms. The lowest BCUT2D eigenvalue weighted by Crippen LogP contribution is -2.53. The smallest absolute Gasteiger partial charge is 0.407 e. The minimum absolute atomic E-state index is 0.0971. The Balaban J connectivity index is 1.67. The third kappa shape index (κ3) is 6.10. The Labute approximate surface area is 193 Å². The molecule has 2 atom stereocenters. The second-order valence-corrected chi connectivity index (χ2v) is 9.01. The van der Waals surface area contributed by atoms with Crippen molar-refractivity contribution in [3.8, 4) is 11.1 Å². The summed E-state index contributed by atoms with van der Waals surface area (Å²) >= 11 is 0. The fourth-order valence-corrected chi connectivity index (χ4v) is 3.67. The zero-order valence-electron chi connectivity index (χ0n) is 19.3. The summed E-state index contributed by atoms with van der Waals surface area (Å²) < 4.78 is 11.2. The molecule has 1 aliphatic rings. The highest BCUT2D eigenvalue weighted by atomic mass is 16.5. The van der Waals surface area contributed by atoms with Crippen LogP contribution in [-0.4, -0.2) is 54.0 Å². The lowest BCUT2D eigenvalue weighted by molar-refractivity contribution is -0.142. The normalized spacial score (nSPS) is 14.5. The molecule has 2 amide bonds. The topological polar surface area (TPSA) is 114 Å². The van der Waals surface area contributed by atoms with E-state index in [-0.39, 0.29) is 19.1 Å². The minimum atomic E-state index is -1.18. The van der Waals surface area contributed by atoms with Gasteiger partial charge in [-0.05, 0) is 49.9 Å². The molecule has 0 bridgehead atoms. The average Bonchev–Trinajstić information content (AvgIpc) is 3.08. The number of alkyl carbamates (subject to hydrolysis) is 1. The summed E-state index contributed by atoms with van der Waals surface area (Å²) in [6.07, 6.45) is -0.780. The van der Waals surface area contributed by atoms with E-state index < -0.39 is 35.7 Å². The van der Waals surface area contributed by atoms with Gasteiger partial charge in [-0.25, -0.2) is 4.79 Å². The van der Waals surface area contributed by atoms with Gasteiger partial charge in [-0.1, -0.05) is 48.5 Å². The lowest BCUT2D eigenvalue weighted by Gasteiger charge is -2.25. The van der Waals surface area contributed by atoms with Gasteiger partial charge in [-0.2, -0.15) is 0 Å². The molecule has 0 aromatic heterocycles. The van der Waals surface area contributed by atoms with Crippen molar-refractivity contribution >= 4 is 18.0 Å². The number of amides is 2. The summed E-state index contributed by atoms with van der Waals surface area (Å²) in [5, 5.41) is 13.9. The SMILES string of the molecule is C[C@@H](NC(=O)[C@H](COC(C)(C)C)NC(=O)OCC1c2ccccc2-c2ccccc21)C(=O)O. The summed E-state index contributed by atoms with van der Waals surface area (Å²) in [5.74, 6) is -1.96. The summed E-state index contributed by atoms with van der Waals surface area (Å²) in [5.41, 5.74) is 3.82. The fraction of sp³-hybridized carbons (Fsp3) is 0.400. The van der Waals surface area contributed by atoms with Crippen LogP contribution in [0.15, 0.2) is 48.5 Å². The van der Waals surface area contributed by atoms with Crippen molar-refractivity contribution < 1.29 is 29.0 Å². The maximum atomic E-state index is 12.6. The van der Waals surface area contributed by atoms with Crippen LogP contribution < -0.4 is 10.6 Å². The van der Waals surface area contributed by atoms with Gasteiger partial charge in [0.25, 0.3) is 0 Å². The predicted octanol–water partition coefficient (Wildman–Crippen LogP) is 3.30. The van der Waals surface area contributed by atoms with Gasteiger partial charge in [0.1, 0.15) is 18.7 Å². The van der Waals surface area contributed by atoms with Gasteiger partial charge in [0.05, 0.1) is 12.2 Å². The van der Waals surface area contributed by atoms with Gasteiger partial charge in [0.2, 0.25) is 5.91 Å². The van der Waals surface area contributed by atoms with Crippen molar-refractivity contribution in [2.45, 2.75) is 51.3 Å². The van der Waals surface area contributed by atoms with Crippen molar-refractivity contribution in [2.24, 2.45) is 0 Å². The van der Waals surface area contributed by atoms with Crippen LogP contribution in [0.25, 0.3) is 11.1 Å². The van der Waals surface area contributed by atoms with E-state index in [0.29, 0.717) is 0 Å². The van der Waals surface area contributed by atoms with E-state index in [9.17, 15) is 14.4 Å². The predicted molar refractivity (Wildman–Crippen MR) is 123 cm³/mol. The minimum Gasteiger partial charge on any atom is -0.480 e. The quantitative estimate of drug-likeness (QED) is 0.564. The number of fused-ring (bicyclic) bond motifs is 3. The van der Waals surface area contributed by atoms with E-state index >= 15 is 0 Å². The Morgan fingerprint density at radius 1 is 0.970 bits per heavy atom. The van der Waals surface area contributed by atoms with Gasteiger partial charge >= 0.3 is 12.1 Å². The molecule has 0 saturated heterocycles. The van der Waals surface area contributed by atoms with Crippen LogP contribution in [0.5, 0.6) is 0 Å². The molecule has 0 saturated carbocycles. The Kier molecular flexibility index (Phi) is 7.38. The van der Waals surface area contributed by atoms with E-state index in [0.717, 1.165) is 22.3 Å². The second-order valence-electron chi connectivity index (χ2n) is 9.01. The maximum Gasteiger partial charge on any atom is 0.407 e. The number of ether oxygens (including phenoxy) is 2. The maximum absolute atomic E-state index is 12.6. The number of rotatable bonds is 8. The number of hydrogen-bond acceptors (Lipinski definition) is 5. The summed E-state index contributed by atoms with van der Waals surface area (Å²) in [6.45, 7) is 6.75. The Morgan fingerprint density at radius 3 is 2.03 bits per heavy atom. The molecular formula is C25H30N2O6. The Hall–Kier alpha value is -3.39. The summed E-state index contributed by atoms with van der Waals surface area (Å²) in [7, 11) is 0. The van der Waals surface area contributed by atoms with E-state index in [1.807, 2.05) is 69.3 Å². The van der Waals surface area contributed by atoms with Gasteiger partial charge in [-0.15, -0.1) is 0 Å². The van der Waals surface area contributed by atoms with E-state index in [4.69, 9.17) is 14.6 Å². The van der Waals surface area contributed by atoms with Gasteiger partial charge in [-0.3, -0.25) is 9.59 Å². The van der Waals surface area contributed by atoms with Crippen molar-refractivity contribution in [1.29, 1.82) is 0 Å². The first-order valence-corrected chi connectivity index (χ1v) is 10.9. The van der Waals surface area contributed by atoms with Crippen LogP contribution in [0.2, 0.25) is 0 Å². The molecule has 1 aliphatic carbocycles. The van der Waals surface area contributed by atoms with Crippen molar-refractivity contribution in [3.05, 3.63) is 59.7 Å². The molecule has 33 heavy (non-hydrogen) atoms. The van der Waals surface area contributed by atoms with Gasteiger partial charge < -0.3 is 25.2 Å². The number of carbonyl (C=O) groups excluding carboxylic acids is 2. The molecule has 3 rings (SSSR count). The molecule has 2 aromatic rings. The highest BCUT2D eigenvalue weighted by Crippen LogP contribution is 2.44. The summed E-state index contributed by atoms with van der Waals surface area (Å²) in [4.78, 5) is 36.3. The molecule has 0 radical (unpaired) electrons. The number of hydrogen-bond donors (Lipinski definition) is 3. The van der Waals surface area contributed by atoms with Crippen LogP contribution in [0.3, 0.4) is 0 Å². The number of carbonyl (C=O) groups is 3. The molecule has 3 N–H and O–H groups in total. The number of benzene rings is 2. The highest BCUT2D eigenvalue weighted by Gasteiger charge is 2.30.